The van der Waals surface area contributed by atoms with Crippen LogP contribution in [0.2, 0.25) is 0 Å². The van der Waals surface area contributed by atoms with E-state index in [-0.39, 0.29) is 6.04 Å². The zero-order valence-corrected chi connectivity index (χ0v) is 13.0. The summed E-state index contributed by atoms with van der Waals surface area (Å²) in [6, 6.07) is 15.4. The molecule has 0 radical (unpaired) electrons. The fourth-order valence-corrected chi connectivity index (χ4v) is 2.50. The first-order valence-electron chi connectivity index (χ1n) is 7.39. The molecule has 1 nitrogen and oxygen atoms in total. The van der Waals surface area contributed by atoms with E-state index >= 15 is 0 Å². The van der Waals surface area contributed by atoms with E-state index < -0.39 is 0 Å². The molecular formula is C19H25N. The Balaban J connectivity index is 2.15. The number of rotatable bonds is 4. The van der Waals surface area contributed by atoms with Gasteiger partial charge in [-0.25, -0.2) is 0 Å². The molecule has 106 valence electrons. The fourth-order valence-electron chi connectivity index (χ4n) is 2.50. The third kappa shape index (κ3) is 3.49. The van der Waals surface area contributed by atoms with Crippen LogP contribution in [0.5, 0.6) is 0 Å². The van der Waals surface area contributed by atoms with Crippen LogP contribution in [0.25, 0.3) is 0 Å². The van der Waals surface area contributed by atoms with Gasteiger partial charge in [0, 0.05) is 6.04 Å². The van der Waals surface area contributed by atoms with Crippen molar-refractivity contribution in [2.24, 2.45) is 5.73 Å². The molecule has 0 aromatic heterocycles. The van der Waals surface area contributed by atoms with Crippen molar-refractivity contribution in [3.63, 3.8) is 0 Å². The number of aryl methyl sites for hydroxylation is 2. The molecule has 0 aliphatic rings. The predicted octanol–water partition coefficient (Wildman–Crippen LogP) is 4.67. The Bertz CT molecular complexity index is 567. The lowest BCUT2D eigenvalue weighted by Crippen LogP contribution is -2.14. The molecule has 2 aromatic carbocycles. The molecule has 2 N–H and O–H groups in total. The topological polar surface area (TPSA) is 26.0 Å². The number of hydrogen-bond donors (Lipinski definition) is 1. The van der Waals surface area contributed by atoms with Crippen molar-refractivity contribution in [1.29, 1.82) is 0 Å². The maximum atomic E-state index is 6.37. The maximum Gasteiger partial charge on any atom is 0.0335 e. The second-order valence-electron chi connectivity index (χ2n) is 6.06. The van der Waals surface area contributed by atoms with Gasteiger partial charge >= 0.3 is 0 Å². The summed E-state index contributed by atoms with van der Waals surface area (Å²) in [5, 5.41) is 0. The highest BCUT2D eigenvalue weighted by molar-refractivity contribution is 5.33. The average Bonchev–Trinajstić information content (AvgIpc) is 2.43. The molecule has 0 amide bonds. The zero-order chi connectivity index (χ0) is 14.7. The minimum Gasteiger partial charge on any atom is -0.324 e. The third-order valence-corrected chi connectivity index (χ3v) is 3.98. The molecule has 0 aliphatic carbocycles. The standard InChI is InChI=1S/C19H25N/c1-13(2)16-7-9-17(10-8-16)19(20)12-18-11-14(3)5-6-15(18)4/h5-11,13,19H,12,20H2,1-4H3. The third-order valence-electron chi connectivity index (χ3n) is 3.98. The summed E-state index contributed by atoms with van der Waals surface area (Å²) in [4.78, 5) is 0. The maximum absolute atomic E-state index is 6.37. The van der Waals surface area contributed by atoms with Crippen molar-refractivity contribution in [2.75, 3.05) is 0 Å². The second kappa shape index (κ2) is 6.23. The summed E-state index contributed by atoms with van der Waals surface area (Å²) in [6.07, 6.45) is 0.897. The summed E-state index contributed by atoms with van der Waals surface area (Å²) in [7, 11) is 0. The van der Waals surface area contributed by atoms with Gasteiger partial charge < -0.3 is 5.73 Å². The summed E-state index contributed by atoms with van der Waals surface area (Å²) in [5.41, 5.74) is 12.9. The Morgan fingerprint density at radius 1 is 0.900 bits per heavy atom. The Labute approximate surface area is 122 Å². The minimum absolute atomic E-state index is 0.0664. The lowest BCUT2D eigenvalue weighted by atomic mass is 9.94. The highest BCUT2D eigenvalue weighted by Crippen LogP contribution is 2.22. The molecule has 0 fully saturated rings. The van der Waals surface area contributed by atoms with Gasteiger partial charge in [0.2, 0.25) is 0 Å². The molecule has 20 heavy (non-hydrogen) atoms. The Morgan fingerprint density at radius 3 is 2.10 bits per heavy atom. The Morgan fingerprint density at radius 2 is 1.50 bits per heavy atom. The quantitative estimate of drug-likeness (QED) is 0.856. The summed E-state index contributed by atoms with van der Waals surface area (Å²) >= 11 is 0. The smallest absolute Gasteiger partial charge is 0.0335 e. The van der Waals surface area contributed by atoms with Crippen LogP contribution in [0.4, 0.5) is 0 Å². The van der Waals surface area contributed by atoms with Crippen molar-refractivity contribution >= 4 is 0 Å². The van der Waals surface area contributed by atoms with Gasteiger partial charge in [-0.05, 0) is 48.4 Å². The van der Waals surface area contributed by atoms with Gasteiger partial charge in [0.15, 0.2) is 0 Å². The predicted molar refractivity (Wildman–Crippen MR) is 87.1 cm³/mol. The fraction of sp³-hybridized carbons (Fsp3) is 0.368. The summed E-state index contributed by atoms with van der Waals surface area (Å²) in [5.74, 6) is 0.569. The Hall–Kier alpha value is -1.60. The van der Waals surface area contributed by atoms with Crippen molar-refractivity contribution in [3.05, 3.63) is 70.3 Å². The van der Waals surface area contributed by atoms with Crippen LogP contribution in [0.3, 0.4) is 0 Å². The Kier molecular flexibility index (Phi) is 4.61. The number of benzene rings is 2. The monoisotopic (exact) mass is 267 g/mol. The van der Waals surface area contributed by atoms with E-state index in [1.807, 2.05) is 0 Å². The first-order chi connectivity index (χ1) is 9.47. The molecule has 0 spiro atoms. The first-order valence-corrected chi connectivity index (χ1v) is 7.39. The average molecular weight is 267 g/mol. The molecule has 2 aromatic rings. The second-order valence-corrected chi connectivity index (χ2v) is 6.06. The molecule has 1 heteroatoms. The summed E-state index contributed by atoms with van der Waals surface area (Å²) in [6.45, 7) is 8.71. The van der Waals surface area contributed by atoms with E-state index in [2.05, 4.69) is 70.2 Å². The van der Waals surface area contributed by atoms with E-state index in [4.69, 9.17) is 5.73 Å². The van der Waals surface area contributed by atoms with Gasteiger partial charge in [0.25, 0.3) is 0 Å². The first kappa shape index (κ1) is 14.8. The van der Waals surface area contributed by atoms with E-state index in [9.17, 15) is 0 Å². The largest absolute Gasteiger partial charge is 0.324 e. The molecule has 2 rings (SSSR count). The van der Waals surface area contributed by atoms with Crippen molar-refractivity contribution in [3.8, 4) is 0 Å². The minimum atomic E-state index is 0.0664. The van der Waals surface area contributed by atoms with Crippen molar-refractivity contribution < 1.29 is 0 Å². The number of hydrogen-bond acceptors (Lipinski definition) is 1. The van der Waals surface area contributed by atoms with Crippen molar-refractivity contribution in [1.82, 2.24) is 0 Å². The van der Waals surface area contributed by atoms with Gasteiger partial charge in [-0.2, -0.15) is 0 Å². The molecule has 0 saturated heterocycles. The van der Waals surface area contributed by atoms with Crippen LogP contribution in [0.15, 0.2) is 42.5 Å². The van der Waals surface area contributed by atoms with Gasteiger partial charge in [-0.15, -0.1) is 0 Å². The van der Waals surface area contributed by atoms with Crippen LogP contribution in [0, 0.1) is 13.8 Å². The number of nitrogens with two attached hydrogens (primary N) is 1. The van der Waals surface area contributed by atoms with Crippen LogP contribution in [-0.4, -0.2) is 0 Å². The lowest BCUT2D eigenvalue weighted by Gasteiger charge is -2.15. The van der Waals surface area contributed by atoms with Crippen LogP contribution in [0.1, 0.15) is 53.6 Å². The van der Waals surface area contributed by atoms with Crippen LogP contribution >= 0.6 is 0 Å². The molecule has 0 bridgehead atoms. The molecule has 1 unspecified atom stereocenters. The van der Waals surface area contributed by atoms with Crippen LogP contribution in [-0.2, 0) is 6.42 Å². The van der Waals surface area contributed by atoms with Gasteiger partial charge in [0.1, 0.15) is 0 Å². The molecular weight excluding hydrogens is 242 g/mol. The highest BCUT2D eigenvalue weighted by Gasteiger charge is 2.09. The molecule has 0 heterocycles. The summed E-state index contributed by atoms with van der Waals surface area (Å²) < 4.78 is 0. The van der Waals surface area contributed by atoms with Crippen LogP contribution < -0.4 is 5.73 Å². The van der Waals surface area contributed by atoms with Gasteiger partial charge in [-0.1, -0.05) is 61.9 Å². The van der Waals surface area contributed by atoms with E-state index in [1.165, 1.54) is 27.8 Å². The normalized spacial score (nSPS) is 12.7. The lowest BCUT2D eigenvalue weighted by molar-refractivity contribution is 0.717. The van der Waals surface area contributed by atoms with Gasteiger partial charge in [0.05, 0.1) is 0 Å². The van der Waals surface area contributed by atoms with Gasteiger partial charge in [-0.3, -0.25) is 0 Å². The molecule has 0 aliphatic heterocycles. The highest BCUT2D eigenvalue weighted by atomic mass is 14.6. The molecule has 1 atom stereocenters. The van der Waals surface area contributed by atoms with E-state index in [1.54, 1.807) is 0 Å². The SMILES string of the molecule is Cc1ccc(C)c(CC(N)c2ccc(C(C)C)cc2)c1. The molecule has 0 saturated carbocycles. The van der Waals surface area contributed by atoms with E-state index in [0.29, 0.717) is 5.92 Å². The van der Waals surface area contributed by atoms with Crippen molar-refractivity contribution in [2.45, 2.75) is 46.1 Å². The zero-order valence-electron chi connectivity index (χ0n) is 13.0. The van der Waals surface area contributed by atoms with E-state index in [0.717, 1.165) is 6.42 Å².